The molecule has 0 spiro atoms. The maximum atomic E-state index is 8.78. The van der Waals surface area contributed by atoms with Crippen molar-refractivity contribution in [3.63, 3.8) is 0 Å². The van der Waals surface area contributed by atoms with Crippen molar-refractivity contribution in [3.8, 4) is 0 Å². The topological polar surface area (TPSA) is 266 Å². The zero-order valence-electron chi connectivity index (χ0n) is 50.5. The lowest BCUT2D eigenvalue weighted by Gasteiger charge is -2.25. The number of nitrogens with zero attached hydrogens (tertiary/aromatic N) is 2. The molecule has 6 N–H and O–H groups in total. The van der Waals surface area contributed by atoms with E-state index in [4.69, 9.17) is 96.6 Å². The number of aliphatic hydroxyl groups is 5. The van der Waals surface area contributed by atoms with Crippen LogP contribution in [-0.2, 0) is 71.1 Å². The first-order chi connectivity index (χ1) is 41.5. The molecule has 3 rings (SSSR count). The third kappa shape index (κ3) is 44.3. The Kier molecular flexibility index (Phi) is 56.1. The van der Waals surface area contributed by atoms with Crippen molar-refractivity contribution >= 4 is 29.4 Å². The number of rotatable bonds is 56. The van der Waals surface area contributed by atoms with Crippen molar-refractivity contribution < 1.29 is 101 Å². The number of aliphatic hydroxyl groups excluding tert-OH is 5. The van der Waals surface area contributed by atoms with Gasteiger partial charge in [-0.15, -0.1) is 0 Å². The summed E-state index contributed by atoms with van der Waals surface area (Å²) in [5.74, 6) is 0. The number of hydrogen-bond acceptors (Lipinski definition) is 22. The molecule has 0 saturated heterocycles. The van der Waals surface area contributed by atoms with Crippen molar-refractivity contribution in [1.29, 1.82) is 0 Å². The number of ether oxygens (including phenoxy) is 14. The summed E-state index contributed by atoms with van der Waals surface area (Å²) >= 11 is 0. The number of unbranched alkanes of at least 4 members (excludes halogenated alkanes) is 1. The highest BCUT2D eigenvalue weighted by molar-refractivity contribution is 6.04. The van der Waals surface area contributed by atoms with Gasteiger partial charge < -0.3 is 107 Å². The van der Waals surface area contributed by atoms with Crippen molar-refractivity contribution in [2.75, 3.05) is 262 Å². The minimum atomic E-state index is 0.00421. The highest BCUT2D eigenvalue weighted by Gasteiger charge is 2.15. The van der Waals surface area contributed by atoms with Crippen LogP contribution >= 0.6 is 0 Å². The Morgan fingerprint density at radius 2 is 0.667 bits per heavy atom. The van der Waals surface area contributed by atoms with E-state index < -0.39 is 0 Å². The number of allylic oxidation sites excluding steroid dienone is 5. The zero-order chi connectivity index (χ0) is 60.9. The van der Waals surface area contributed by atoms with Gasteiger partial charge in [-0.05, 0) is 78.0 Å². The SMILES string of the molecule is C=O.C[N+](C)=C1C=CC(=C(c2ccc(NCCCOCCOCCOCCO)cc2)c2ccc(N(CCOCCOCCOCCOCCO)CCOCCOCCOCCOCCO)cc2)C=C1.OCCOCCCCOCCOCCO. The normalized spacial score (nSPS) is 11.8. The second-order valence-electron chi connectivity index (χ2n) is 18.1. The summed E-state index contributed by atoms with van der Waals surface area (Å²) in [5, 5.41) is 46.7. The molecule has 0 heterocycles. The first kappa shape index (κ1) is 77.9. The average molecular weight is 1200 g/mol. The molecule has 84 heavy (non-hydrogen) atoms. The number of anilines is 2. The van der Waals surface area contributed by atoms with Crippen LogP contribution in [0.4, 0.5) is 11.4 Å². The fourth-order valence-electron chi connectivity index (χ4n) is 7.37. The molecule has 0 aliphatic heterocycles. The number of carbonyl (C=O) groups is 1. The van der Waals surface area contributed by atoms with Crippen LogP contribution in [0.5, 0.6) is 0 Å². The molecule has 0 amide bonds. The van der Waals surface area contributed by atoms with Crippen LogP contribution in [-0.4, -0.2) is 294 Å². The predicted molar refractivity (Wildman–Crippen MR) is 323 cm³/mol. The zero-order valence-corrected chi connectivity index (χ0v) is 50.5. The Morgan fingerprint density at radius 1 is 0.381 bits per heavy atom. The lowest BCUT2D eigenvalue weighted by molar-refractivity contribution is -0.462. The number of nitrogens with one attached hydrogen (secondary N) is 1. The van der Waals surface area contributed by atoms with Gasteiger partial charge in [0.05, 0.1) is 198 Å². The van der Waals surface area contributed by atoms with Gasteiger partial charge in [0.25, 0.3) is 0 Å². The number of hydrogen-bond donors (Lipinski definition) is 6. The lowest BCUT2D eigenvalue weighted by atomic mass is 9.90. The molecule has 0 atom stereocenters. The predicted octanol–water partition coefficient (Wildman–Crippen LogP) is 2.71. The molecule has 0 aromatic heterocycles. The molecule has 0 fully saturated rings. The monoisotopic (exact) mass is 1200 g/mol. The van der Waals surface area contributed by atoms with E-state index >= 15 is 0 Å². The van der Waals surface area contributed by atoms with Crippen LogP contribution in [0, 0.1) is 0 Å². The summed E-state index contributed by atoms with van der Waals surface area (Å²) in [5.41, 5.74) is 7.71. The Balaban J connectivity index is 0.00000180. The minimum absolute atomic E-state index is 0.00421. The molecule has 1 aliphatic carbocycles. The van der Waals surface area contributed by atoms with Gasteiger partial charge in [-0.25, -0.2) is 4.58 Å². The van der Waals surface area contributed by atoms with E-state index in [1.54, 1.807) is 0 Å². The van der Waals surface area contributed by atoms with Crippen LogP contribution in [0.25, 0.3) is 5.57 Å². The van der Waals surface area contributed by atoms with Gasteiger partial charge in [0, 0.05) is 63.0 Å². The highest BCUT2D eigenvalue weighted by Crippen LogP contribution is 2.32. The fraction of sp³-hybridized carbons (Fsp3) is 0.672. The molecular weight excluding hydrogens is 1090 g/mol. The second kappa shape index (κ2) is 60.5. The van der Waals surface area contributed by atoms with E-state index in [1.807, 2.05) is 20.9 Å². The maximum absolute atomic E-state index is 8.78. The van der Waals surface area contributed by atoms with Crippen molar-refractivity contribution in [3.05, 3.63) is 89.5 Å². The highest BCUT2D eigenvalue weighted by atomic mass is 16.6. The Labute approximate surface area is 499 Å². The van der Waals surface area contributed by atoms with Gasteiger partial charge in [0.1, 0.15) is 20.9 Å². The molecule has 23 heteroatoms. The molecule has 0 bridgehead atoms. The van der Waals surface area contributed by atoms with Gasteiger partial charge in [0.15, 0.2) is 5.71 Å². The molecule has 0 radical (unpaired) electrons. The summed E-state index contributed by atoms with van der Waals surface area (Å²) in [6.07, 6.45) is 11.4. The Morgan fingerprint density at radius 3 is 1.00 bits per heavy atom. The third-order valence-corrected chi connectivity index (χ3v) is 11.5. The van der Waals surface area contributed by atoms with Gasteiger partial charge in [0.2, 0.25) is 0 Å². The maximum Gasteiger partial charge on any atom is 0.199 e. The van der Waals surface area contributed by atoms with Crippen LogP contribution < -0.4 is 10.2 Å². The van der Waals surface area contributed by atoms with Crippen LogP contribution in [0.15, 0.2) is 78.4 Å². The third-order valence-electron chi connectivity index (χ3n) is 11.5. The molecule has 1 aliphatic rings. The number of carbonyl (C=O) groups excluding carboxylic acids is 1. The van der Waals surface area contributed by atoms with E-state index in [0.717, 1.165) is 65.2 Å². The molecule has 2 aromatic carbocycles. The Hall–Kier alpha value is -4.16. The largest absolute Gasteiger partial charge is 0.394 e. The van der Waals surface area contributed by atoms with Gasteiger partial charge in [-0.2, -0.15) is 0 Å². The van der Waals surface area contributed by atoms with Crippen molar-refractivity contribution in [2.24, 2.45) is 0 Å². The van der Waals surface area contributed by atoms with Gasteiger partial charge >= 0.3 is 0 Å². The lowest BCUT2D eigenvalue weighted by Crippen LogP contribution is -2.31. The summed E-state index contributed by atoms with van der Waals surface area (Å²) in [6.45, 7) is 17.7. The van der Waals surface area contributed by atoms with Crippen LogP contribution in [0.3, 0.4) is 0 Å². The summed E-state index contributed by atoms with van der Waals surface area (Å²) in [7, 11) is 4.09. The first-order valence-corrected chi connectivity index (χ1v) is 29.2. The van der Waals surface area contributed by atoms with Gasteiger partial charge in [-0.3, -0.25) is 0 Å². The Bertz CT molecular complexity index is 1810. The van der Waals surface area contributed by atoms with Crippen LogP contribution in [0.1, 0.15) is 30.4 Å². The van der Waals surface area contributed by atoms with E-state index in [9.17, 15) is 0 Å². The smallest absolute Gasteiger partial charge is 0.199 e. The molecule has 0 saturated carbocycles. The second-order valence-corrected chi connectivity index (χ2v) is 18.1. The van der Waals surface area contributed by atoms with Crippen molar-refractivity contribution in [2.45, 2.75) is 19.3 Å². The molecule has 23 nitrogen and oxygen atoms in total. The molecular formula is C61H104N3O20+. The first-order valence-electron chi connectivity index (χ1n) is 29.2. The fourth-order valence-corrected chi connectivity index (χ4v) is 7.37. The van der Waals surface area contributed by atoms with E-state index in [0.29, 0.717) is 198 Å². The van der Waals surface area contributed by atoms with Crippen LogP contribution in [0.2, 0.25) is 0 Å². The minimum Gasteiger partial charge on any atom is -0.394 e. The quantitative estimate of drug-likeness (QED) is 0.0411. The average Bonchev–Trinajstić information content (AvgIpc) is 3.72. The van der Waals surface area contributed by atoms with E-state index in [-0.39, 0.29) is 33.0 Å². The standard InChI is InChI=1S/C50H79N3O14.C10H22O5.CH2O/c1-52(2)48-12-6-45(7-13-48)50(44-4-10-47(11-5-44)51-16-3-22-57-28-34-63-37-31-60-25-19-54)46-8-14-49(15-9-46)53(17-23-58-29-35-64-40-42-66-38-32-61-26-20-55)18-24-59-30-36-65-41-43-67-39-33-62-27-21-56;11-3-7-13-5-1-2-6-14-9-10-15-8-4-12;1-2/h4-15,54-56H,3,16-43H2,1-2H3;11-12H,1-10H2;1H2/p+1. The number of benzene rings is 2. The van der Waals surface area contributed by atoms with E-state index in [1.165, 1.54) is 0 Å². The summed E-state index contributed by atoms with van der Waals surface area (Å²) < 4.78 is 78.5. The summed E-state index contributed by atoms with van der Waals surface area (Å²) in [6, 6.07) is 17.3. The molecule has 482 valence electrons. The van der Waals surface area contributed by atoms with E-state index in [2.05, 4.69) is 87.6 Å². The van der Waals surface area contributed by atoms with Gasteiger partial charge in [-0.1, -0.05) is 24.3 Å². The summed E-state index contributed by atoms with van der Waals surface area (Å²) in [4.78, 5) is 10.3. The van der Waals surface area contributed by atoms with Crippen molar-refractivity contribution in [1.82, 2.24) is 0 Å². The molecule has 2 aromatic rings. The molecule has 0 unspecified atom stereocenters.